The molecular weight excluding hydrogens is 668 g/mol. The van der Waals surface area contributed by atoms with E-state index in [4.69, 9.17) is 24.1 Å². The Morgan fingerprint density at radius 2 is 1.47 bits per heavy atom. The minimum Gasteiger partial charge on any atom is -0.490 e. The van der Waals surface area contributed by atoms with Crippen LogP contribution in [0.3, 0.4) is 0 Å². The molecular formula is C43H35FN6O3. The fourth-order valence-electron chi connectivity index (χ4n) is 7.08. The maximum absolute atomic E-state index is 14.9. The van der Waals surface area contributed by atoms with Gasteiger partial charge in [-0.05, 0) is 53.8 Å². The van der Waals surface area contributed by atoms with Gasteiger partial charge in [0.25, 0.3) is 0 Å². The number of pyridine rings is 1. The number of halogens is 1. The minimum absolute atomic E-state index is 0.239. The first-order chi connectivity index (χ1) is 26.1. The SMILES string of the molecule is COCCOc1cc(F)ccc1-c1nn(C(c2ccccc2)(c2ccccc2)c2ccccc2)cc1-c1ccc2ncc(-c3noc(C4CC4)n3)n2c1. The summed E-state index contributed by atoms with van der Waals surface area (Å²) >= 11 is 0. The van der Waals surface area contributed by atoms with Gasteiger partial charge >= 0.3 is 0 Å². The Hall–Kier alpha value is -6.39. The highest BCUT2D eigenvalue weighted by atomic mass is 19.1. The van der Waals surface area contributed by atoms with Crippen molar-refractivity contribution in [2.75, 3.05) is 20.3 Å². The summed E-state index contributed by atoms with van der Waals surface area (Å²) < 4.78 is 35.9. The molecule has 0 N–H and O–H groups in total. The first-order valence-electron chi connectivity index (χ1n) is 17.6. The molecule has 0 spiro atoms. The predicted molar refractivity (Wildman–Crippen MR) is 199 cm³/mol. The highest BCUT2D eigenvalue weighted by Crippen LogP contribution is 2.45. The Kier molecular flexibility index (Phi) is 8.36. The van der Waals surface area contributed by atoms with Crippen LogP contribution < -0.4 is 4.74 Å². The fourth-order valence-corrected chi connectivity index (χ4v) is 7.08. The van der Waals surface area contributed by atoms with Crippen LogP contribution in [-0.2, 0) is 10.3 Å². The summed E-state index contributed by atoms with van der Waals surface area (Å²) in [7, 11) is 1.60. The number of rotatable bonds is 12. The lowest BCUT2D eigenvalue weighted by Gasteiger charge is -2.36. The van der Waals surface area contributed by atoms with Crippen LogP contribution in [0.5, 0.6) is 5.75 Å². The predicted octanol–water partition coefficient (Wildman–Crippen LogP) is 8.80. The van der Waals surface area contributed by atoms with Crippen molar-refractivity contribution in [3.8, 4) is 39.7 Å². The normalized spacial score (nSPS) is 13.1. The molecule has 0 unspecified atom stereocenters. The topological polar surface area (TPSA) is 92.5 Å². The Morgan fingerprint density at radius 3 is 2.11 bits per heavy atom. The van der Waals surface area contributed by atoms with E-state index < -0.39 is 11.4 Å². The van der Waals surface area contributed by atoms with Gasteiger partial charge < -0.3 is 14.0 Å². The fraction of sp³-hybridized carbons (Fsp3) is 0.163. The number of hydrogen-bond acceptors (Lipinski definition) is 7. The van der Waals surface area contributed by atoms with Crippen molar-refractivity contribution < 1.29 is 18.4 Å². The van der Waals surface area contributed by atoms with Gasteiger partial charge in [0.2, 0.25) is 11.7 Å². The van der Waals surface area contributed by atoms with E-state index in [0.29, 0.717) is 46.9 Å². The van der Waals surface area contributed by atoms with Crippen molar-refractivity contribution in [2.24, 2.45) is 0 Å². The monoisotopic (exact) mass is 702 g/mol. The molecule has 10 heteroatoms. The van der Waals surface area contributed by atoms with Gasteiger partial charge in [-0.3, -0.25) is 9.08 Å². The second-order valence-corrected chi connectivity index (χ2v) is 13.1. The van der Waals surface area contributed by atoms with Crippen LogP contribution in [-0.4, -0.2) is 49.6 Å². The smallest absolute Gasteiger partial charge is 0.230 e. The number of ether oxygens (including phenoxy) is 2. The van der Waals surface area contributed by atoms with Crippen molar-refractivity contribution in [1.29, 1.82) is 0 Å². The van der Waals surface area contributed by atoms with Gasteiger partial charge in [-0.25, -0.2) is 9.37 Å². The molecule has 1 aliphatic rings. The Balaban J connectivity index is 1.31. The quantitative estimate of drug-likeness (QED) is 0.0928. The maximum Gasteiger partial charge on any atom is 0.230 e. The molecule has 0 atom stereocenters. The molecule has 1 fully saturated rings. The zero-order chi connectivity index (χ0) is 35.8. The van der Waals surface area contributed by atoms with Crippen LogP contribution in [0, 0.1) is 5.82 Å². The van der Waals surface area contributed by atoms with Gasteiger partial charge in [0.05, 0.1) is 12.8 Å². The summed E-state index contributed by atoms with van der Waals surface area (Å²) in [5.41, 5.74) is 6.49. The Morgan fingerprint density at radius 1 is 0.792 bits per heavy atom. The van der Waals surface area contributed by atoms with Crippen LogP contribution in [0.1, 0.15) is 41.3 Å². The van der Waals surface area contributed by atoms with Gasteiger partial charge in [-0.2, -0.15) is 10.1 Å². The molecule has 9 rings (SSSR count). The average molecular weight is 703 g/mol. The molecule has 0 bridgehead atoms. The molecule has 4 aromatic heterocycles. The molecule has 262 valence electrons. The molecule has 1 aliphatic carbocycles. The van der Waals surface area contributed by atoms with E-state index in [-0.39, 0.29) is 6.61 Å². The van der Waals surface area contributed by atoms with E-state index in [2.05, 4.69) is 52.7 Å². The number of methoxy groups -OCH3 is 1. The molecule has 4 aromatic carbocycles. The van der Waals surface area contributed by atoms with Crippen molar-refractivity contribution in [3.05, 3.63) is 168 Å². The van der Waals surface area contributed by atoms with Gasteiger partial charge in [-0.15, -0.1) is 0 Å². The third-order valence-electron chi connectivity index (χ3n) is 9.79. The number of nitrogens with zero attached hydrogens (tertiary/aromatic N) is 6. The summed E-state index contributed by atoms with van der Waals surface area (Å²) in [6.45, 7) is 0.581. The molecule has 1 saturated carbocycles. The van der Waals surface area contributed by atoms with E-state index in [1.807, 2.05) is 82.0 Å². The van der Waals surface area contributed by atoms with Gasteiger partial charge in [0.1, 0.15) is 40.7 Å². The van der Waals surface area contributed by atoms with Crippen molar-refractivity contribution in [1.82, 2.24) is 29.3 Å². The summed E-state index contributed by atoms with van der Waals surface area (Å²) in [5.74, 6) is 1.42. The molecule has 0 radical (unpaired) electrons. The summed E-state index contributed by atoms with van der Waals surface area (Å²) in [6.07, 6.45) is 7.96. The lowest BCUT2D eigenvalue weighted by atomic mass is 9.77. The highest BCUT2D eigenvalue weighted by molar-refractivity contribution is 5.84. The van der Waals surface area contributed by atoms with Gasteiger partial charge in [-0.1, -0.05) is 96.2 Å². The maximum atomic E-state index is 14.9. The number of fused-ring (bicyclic) bond motifs is 1. The summed E-state index contributed by atoms with van der Waals surface area (Å²) in [4.78, 5) is 9.36. The van der Waals surface area contributed by atoms with Crippen LogP contribution in [0.4, 0.5) is 4.39 Å². The lowest BCUT2D eigenvalue weighted by Crippen LogP contribution is -2.38. The van der Waals surface area contributed by atoms with Crippen LogP contribution in [0.2, 0.25) is 0 Å². The Bertz CT molecular complexity index is 2410. The molecule has 0 aliphatic heterocycles. The molecule has 53 heavy (non-hydrogen) atoms. The Labute approximate surface area is 305 Å². The second kappa shape index (κ2) is 13.6. The third-order valence-corrected chi connectivity index (χ3v) is 9.79. The molecule has 0 amide bonds. The van der Waals surface area contributed by atoms with E-state index in [1.165, 1.54) is 12.1 Å². The van der Waals surface area contributed by atoms with Crippen molar-refractivity contribution >= 4 is 5.65 Å². The van der Waals surface area contributed by atoms with Gasteiger partial charge in [0, 0.05) is 48.2 Å². The standard InChI is InChI=1S/C43H35FN6O3/c1-51-23-24-52-38-25-34(44)20-21-35(38)40-36(30-19-22-39-45-26-37(49(39)27-30)41-46-42(53-48-41)29-17-18-29)28-50(47-40)43(31-11-5-2-6-12-31,32-13-7-3-8-14-32)33-15-9-4-10-16-33/h2-16,19-22,25-29H,17-18,23-24H2,1H3. The first-order valence-corrected chi connectivity index (χ1v) is 17.6. The molecule has 0 saturated heterocycles. The zero-order valence-electron chi connectivity index (χ0n) is 29.0. The van der Waals surface area contributed by atoms with E-state index in [1.54, 1.807) is 19.4 Å². The number of imidazole rings is 1. The third kappa shape index (κ3) is 5.87. The summed E-state index contributed by atoms with van der Waals surface area (Å²) in [5, 5.41) is 9.78. The van der Waals surface area contributed by atoms with E-state index in [0.717, 1.165) is 46.3 Å². The number of hydrogen-bond donors (Lipinski definition) is 0. The van der Waals surface area contributed by atoms with Crippen LogP contribution >= 0.6 is 0 Å². The molecule has 4 heterocycles. The average Bonchev–Trinajstić information content (AvgIpc) is 3.55. The largest absolute Gasteiger partial charge is 0.490 e. The van der Waals surface area contributed by atoms with Crippen LogP contribution in [0.15, 0.2) is 144 Å². The molecule has 9 nitrogen and oxygen atoms in total. The lowest BCUT2D eigenvalue weighted by molar-refractivity contribution is 0.146. The second-order valence-electron chi connectivity index (χ2n) is 13.1. The van der Waals surface area contributed by atoms with Gasteiger partial charge in [0.15, 0.2) is 0 Å². The van der Waals surface area contributed by atoms with E-state index >= 15 is 0 Å². The van der Waals surface area contributed by atoms with Crippen molar-refractivity contribution in [3.63, 3.8) is 0 Å². The molecule has 8 aromatic rings. The zero-order valence-corrected chi connectivity index (χ0v) is 29.0. The van der Waals surface area contributed by atoms with Crippen molar-refractivity contribution in [2.45, 2.75) is 24.3 Å². The van der Waals surface area contributed by atoms with E-state index in [9.17, 15) is 4.39 Å². The minimum atomic E-state index is -0.901. The first kappa shape index (κ1) is 32.5. The highest BCUT2D eigenvalue weighted by Gasteiger charge is 2.40. The van der Waals surface area contributed by atoms with Crippen LogP contribution in [0.25, 0.3) is 39.5 Å². The summed E-state index contributed by atoms with van der Waals surface area (Å²) in [6, 6.07) is 39.6. The number of aromatic nitrogens is 6. The number of benzene rings is 4.